The van der Waals surface area contributed by atoms with Gasteiger partial charge in [-0.15, -0.1) is 0 Å². The lowest BCUT2D eigenvalue weighted by Gasteiger charge is -2.33. The number of carbonyl (C=O) groups excluding carboxylic acids is 3. The van der Waals surface area contributed by atoms with E-state index in [1.54, 1.807) is 0 Å². The maximum absolute atomic E-state index is 12.8. The zero-order valence-electron chi connectivity index (χ0n) is 15.7. The molecule has 16 heteroatoms. The molecule has 0 aromatic carbocycles. The van der Waals surface area contributed by atoms with Gasteiger partial charge in [0, 0.05) is 6.54 Å². The molecule has 2 rings (SSSR count). The normalized spacial score (nSPS) is 24.9. The number of phosphoric acid groups is 1. The lowest BCUT2D eigenvalue weighted by molar-refractivity contribution is -0.126. The molecule has 0 aromatic heterocycles. The molecule has 0 bridgehead atoms. The Morgan fingerprint density at radius 1 is 1.07 bits per heavy atom. The molecule has 2 unspecified atom stereocenters. The molecule has 2 heterocycles. The van der Waals surface area contributed by atoms with Crippen molar-refractivity contribution < 1.29 is 53.7 Å². The number of aliphatic hydroxyl groups excluding tert-OH is 4. The second kappa shape index (κ2) is 9.98. The fourth-order valence-electron chi connectivity index (χ4n) is 3.21. The fraction of sp³-hybridized carbons (Fsp3) is 0.786. The van der Waals surface area contributed by atoms with E-state index in [1.807, 2.05) is 5.32 Å². The largest absolute Gasteiger partial charge is 0.469 e. The van der Waals surface area contributed by atoms with Crippen molar-refractivity contribution in [2.24, 2.45) is 0 Å². The molecule has 30 heavy (non-hydrogen) atoms. The highest BCUT2D eigenvalue weighted by molar-refractivity contribution is 7.46. The summed E-state index contributed by atoms with van der Waals surface area (Å²) in [6.07, 6.45) is -5.92. The van der Waals surface area contributed by atoms with Gasteiger partial charge in [0.2, 0.25) is 0 Å². The highest BCUT2D eigenvalue weighted by atomic mass is 31.2. The number of rotatable bonds is 11. The first-order valence-electron chi connectivity index (χ1n) is 9.00. The van der Waals surface area contributed by atoms with Gasteiger partial charge >= 0.3 is 19.9 Å². The van der Waals surface area contributed by atoms with Gasteiger partial charge in [-0.05, 0) is 12.8 Å². The number of carbonyl (C=O) groups is 3. The number of hydrogen-bond acceptors (Lipinski definition) is 9. The van der Waals surface area contributed by atoms with Gasteiger partial charge < -0.3 is 40.4 Å². The summed E-state index contributed by atoms with van der Waals surface area (Å²) >= 11 is 0. The minimum atomic E-state index is -4.62. The summed E-state index contributed by atoms with van der Waals surface area (Å²) in [6.45, 7) is -1.69. The number of amides is 5. The van der Waals surface area contributed by atoms with Gasteiger partial charge in [0.1, 0.15) is 24.5 Å². The molecular weight excluding hydrogens is 431 g/mol. The minimum absolute atomic E-state index is 0.0256. The van der Waals surface area contributed by atoms with Crippen molar-refractivity contribution in [2.75, 3.05) is 26.3 Å². The van der Waals surface area contributed by atoms with Crippen LogP contribution in [0, 0.1) is 0 Å². The number of imide groups is 1. The lowest BCUT2D eigenvalue weighted by Crippen LogP contribution is -2.65. The van der Waals surface area contributed by atoms with E-state index < -0.39 is 69.5 Å². The van der Waals surface area contributed by atoms with Crippen LogP contribution in [-0.2, 0) is 13.9 Å². The number of unbranched alkanes of at least 4 members (excludes halogenated alkanes) is 1. The third-order valence-corrected chi connectivity index (χ3v) is 5.18. The first kappa shape index (κ1) is 24.4. The van der Waals surface area contributed by atoms with Crippen LogP contribution in [0.15, 0.2) is 0 Å². The van der Waals surface area contributed by atoms with Crippen LogP contribution in [0.25, 0.3) is 0 Å². The number of fused-ring (bicyclic) bond motifs is 1. The molecule has 5 atom stereocenters. The number of aliphatic hydroxyl groups is 4. The third kappa shape index (κ3) is 5.86. The standard InChI is InChI=1S/C14H25N4O11P/c19-6-8(21)10(22)7(20)5-18-11-9(12(23)16-13(24)15-11)17(14(18)25)3-1-2-4-29-30(26,27)28/h7-11,19-22H,1-6H2,(H2,26,27,28)(H2,15,16,23,24)/t7-,8+,9?,10-,11?/m0/s1. The number of phosphoric ester groups is 1. The van der Waals surface area contributed by atoms with Crippen LogP contribution in [0.5, 0.6) is 0 Å². The Hall–Kier alpha value is -1.84. The van der Waals surface area contributed by atoms with Gasteiger partial charge in [-0.25, -0.2) is 14.2 Å². The van der Waals surface area contributed by atoms with E-state index >= 15 is 0 Å². The summed E-state index contributed by atoms with van der Waals surface area (Å²) in [6, 6.07) is -2.76. The van der Waals surface area contributed by atoms with Gasteiger partial charge in [-0.2, -0.15) is 0 Å². The quantitative estimate of drug-likeness (QED) is 0.111. The van der Waals surface area contributed by atoms with Crippen molar-refractivity contribution >= 4 is 25.8 Å². The van der Waals surface area contributed by atoms with E-state index in [0.717, 1.165) is 9.80 Å². The molecule has 172 valence electrons. The Morgan fingerprint density at radius 3 is 2.33 bits per heavy atom. The number of β-amino-alcohol motifs (C(OH)–C–C–N with tert-alkyl or cyclic N) is 1. The van der Waals surface area contributed by atoms with Gasteiger partial charge in [0.25, 0.3) is 5.91 Å². The van der Waals surface area contributed by atoms with Crippen LogP contribution in [0.3, 0.4) is 0 Å². The van der Waals surface area contributed by atoms with Gasteiger partial charge in [0.05, 0.1) is 19.8 Å². The van der Waals surface area contributed by atoms with Crippen molar-refractivity contribution in [1.29, 1.82) is 0 Å². The van der Waals surface area contributed by atoms with Gasteiger partial charge in [-0.1, -0.05) is 0 Å². The lowest BCUT2D eigenvalue weighted by atomic mass is 10.1. The molecular formula is C14H25N4O11P. The molecule has 0 aromatic rings. The third-order valence-electron chi connectivity index (χ3n) is 4.66. The van der Waals surface area contributed by atoms with Crippen LogP contribution < -0.4 is 10.6 Å². The zero-order chi connectivity index (χ0) is 22.6. The smallest absolute Gasteiger partial charge is 0.394 e. The summed E-state index contributed by atoms with van der Waals surface area (Å²) in [7, 11) is -4.62. The van der Waals surface area contributed by atoms with Crippen LogP contribution in [0.1, 0.15) is 12.8 Å². The topological polar surface area (TPSA) is 229 Å². The maximum atomic E-state index is 12.8. The summed E-state index contributed by atoms with van der Waals surface area (Å²) < 4.78 is 15.0. The molecule has 5 amide bonds. The van der Waals surface area contributed by atoms with Crippen molar-refractivity contribution in [3.63, 3.8) is 0 Å². The molecule has 2 aliphatic rings. The summed E-state index contributed by atoms with van der Waals surface area (Å²) in [5.41, 5.74) is 0. The molecule has 2 aliphatic heterocycles. The Morgan fingerprint density at radius 2 is 1.73 bits per heavy atom. The van der Waals surface area contributed by atoms with E-state index in [0.29, 0.717) is 0 Å². The highest BCUT2D eigenvalue weighted by Crippen LogP contribution is 2.35. The van der Waals surface area contributed by atoms with Crippen molar-refractivity contribution in [3.8, 4) is 0 Å². The molecule has 0 aliphatic carbocycles. The van der Waals surface area contributed by atoms with Crippen LogP contribution in [-0.4, -0.2) is 115 Å². The summed E-state index contributed by atoms with van der Waals surface area (Å²) in [5.74, 6) is -0.767. The van der Waals surface area contributed by atoms with Crippen molar-refractivity contribution in [2.45, 2.75) is 43.4 Å². The second-order valence-electron chi connectivity index (χ2n) is 6.82. The Labute approximate surface area is 170 Å². The average Bonchev–Trinajstić information content (AvgIpc) is 2.91. The van der Waals surface area contributed by atoms with Crippen LogP contribution in [0.4, 0.5) is 9.59 Å². The van der Waals surface area contributed by atoms with Crippen molar-refractivity contribution in [1.82, 2.24) is 20.4 Å². The van der Waals surface area contributed by atoms with E-state index in [2.05, 4.69) is 9.84 Å². The highest BCUT2D eigenvalue weighted by Gasteiger charge is 2.53. The molecule has 2 fully saturated rings. The minimum Gasteiger partial charge on any atom is -0.394 e. The number of urea groups is 2. The predicted molar refractivity (Wildman–Crippen MR) is 95.4 cm³/mol. The maximum Gasteiger partial charge on any atom is 0.469 e. The number of nitrogens with one attached hydrogen (secondary N) is 2. The first-order valence-corrected chi connectivity index (χ1v) is 10.5. The van der Waals surface area contributed by atoms with Gasteiger partial charge in [0.15, 0.2) is 6.04 Å². The Bertz CT molecular complexity index is 703. The van der Waals surface area contributed by atoms with Crippen LogP contribution in [0.2, 0.25) is 0 Å². The number of hydrogen-bond donors (Lipinski definition) is 8. The SMILES string of the molecule is O=C1NC(=O)C2C(N1)N(C[C@H](O)[C@H](O)[C@H](O)CO)C(=O)N2CCCCOP(=O)(O)O. The summed E-state index contributed by atoms with van der Waals surface area (Å²) in [4.78, 5) is 56.1. The van der Waals surface area contributed by atoms with Gasteiger partial charge in [-0.3, -0.25) is 19.5 Å². The average molecular weight is 456 g/mol. The number of nitrogens with zero attached hydrogens (tertiary/aromatic N) is 2. The first-order chi connectivity index (χ1) is 14.0. The Kier molecular flexibility index (Phi) is 8.13. The Balaban J connectivity index is 2.07. The molecule has 0 saturated carbocycles. The molecule has 8 N–H and O–H groups in total. The van der Waals surface area contributed by atoms with Crippen LogP contribution >= 0.6 is 7.82 Å². The van der Waals surface area contributed by atoms with E-state index in [1.165, 1.54) is 0 Å². The van der Waals surface area contributed by atoms with E-state index in [4.69, 9.17) is 14.9 Å². The molecule has 15 nitrogen and oxygen atoms in total. The second-order valence-corrected chi connectivity index (χ2v) is 8.06. The zero-order valence-corrected chi connectivity index (χ0v) is 16.6. The fourth-order valence-corrected chi connectivity index (χ4v) is 3.58. The molecule has 0 radical (unpaired) electrons. The van der Waals surface area contributed by atoms with Crippen molar-refractivity contribution in [3.05, 3.63) is 0 Å². The molecule has 2 saturated heterocycles. The van der Waals surface area contributed by atoms with E-state index in [-0.39, 0.29) is 26.0 Å². The monoisotopic (exact) mass is 456 g/mol. The molecule has 0 spiro atoms. The summed E-state index contributed by atoms with van der Waals surface area (Å²) in [5, 5.41) is 42.6. The predicted octanol–water partition coefficient (Wildman–Crippen LogP) is -3.78. The van der Waals surface area contributed by atoms with E-state index in [9.17, 15) is 34.3 Å².